The molecule has 106 valence electrons. The number of ether oxygens (including phenoxy) is 3. The van der Waals surface area contributed by atoms with Gasteiger partial charge in [-0.15, -0.1) is 0 Å². The molecule has 1 rings (SSSR count). The summed E-state index contributed by atoms with van der Waals surface area (Å²) in [5.74, 6) is 0.925. The number of carbonyl (C=O) groups is 1. The Bertz CT molecular complexity index is 433. The molecule has 2 unspecified atom stereocenters. The molecule has 0 bridgehead atoms. The van der Waals surface area contributed by atoms with Crippen LogP contribution in [0, 0.1) is 5.92 Å². The molecule has 0 aliphatic heterocycles. The van der Waals surface area contributed by atoms with Crippen molar-refractivity contribution in [2.45, 2.75) is 19.4 Å². The predicted octanol–water partition coefficient (Wildman–Crippen LogP) is 1.38. The molecular weight excluding hydrogens is 246 g/mol. The van der Waals surface area contributed by atoms with E-state index in [1.165, 1.54) is 7.11 Å². The number of hydrogen-bond donors (Lipinski definition) is 1. The van der Waals surface area contributed by atoms with E-state index in [1.807, 2.05) is 25.1 Å². The average Bonchev–Trinajstić information content (AvgIpc) is 2.45. The van der Waals surface area contributed by atoms with Crippen LogP contribution in [0.3, 0.4) is 0 Å². The zero-order valence-electron chi connectivity index (χ0n) is 11.8. The first kappa shape index (κ1) is 15.3. The quantitative estimate of drug-likeness (QED) is 0.788. The Morgan fingerprint density at radius 1 is 1.21 bits per heavy atom. The Kier molecular flexibility index (Phi) is 5.63. The molecule has 0 aliphatic rings. The fraction of sp³-hybridized carbons (Fsp3) is 0.500. The molecule has 19 heavy (non-hydrogen) atoms. The smallest absolute Gasteiger partial charge is 0.322 e. The highest BCUT2D eigenvalue weighted by Gasteiger charge is 2.22. The number of esters is 1. The number of rotatable bonds is 6. The minimum Gasteiger partial charge on any atom is -0.493 e. The Balaban J connectivity index is 2.79. The number of hydrogen-bond acceptors (Lipinski definition) is 5. The van der Waals surface area contributed by atoms with Crippen LogP contribution in [0.15, 0.2) is 18.2 Å². The zero-order chi connectivity index (χ0) is 14.4. The van der Waals surface area contributed by atoms with Crippen LogP contribution < -0.4 is 15.2 Å². The molecule has 2 atom stereocenters. The lowest BCUT2D eigenvalue weighted by molar-refractivity contribution is -0.143. The van der Waals surface area contributed by atoms with Gasteiger partial charge in [-0.3, -0.25) is 4.79 Å². The summed E-state index contributed by atoms with van der Waals surface area (Å²) >= 11 is 0. The van der Waals surface area contributed by atoms with E-state index >= 15 is 0 Å². The molecule has 0 spiro atoms. The van der Waals surface area contributed by atoms with Crippen LogP contribution >= 0.6 is 0 Å². The number of carbonyl (C=O) groups excluding carboxylic acids is 1. The van der Waals surface area contributed by atoms with Crippen LogP contribution in [0.5, 0.6) is 11.5 Å². The van der Waals surface area contributed by atoms with Crippen molar-refractivity contribution >= 4 is 5.97 Å². The van der Waals surface area contributed by atoms with Gasteiger partial charge in [0, 0.05) is 0 Å². The molecule has 5 heteroatoms. The molecule has 1 aromatic rings. The molecule has 0 heterocycles. The molecule has 0 saturated carbocycles. The van der Waals surface area contributed by atoms with E-state index in [2.05, 4.69) is 4.74 Å². The van der Waals surface area contributed by atoms with Crippen LogP contribution in [-0.4, -0.2) is 33.3 Å². The molecule has 0 fully saturated rings. The van der Waals surface area contributed by atoms with Crippen LogP contribution in [0.2, 0.25) is 0 Å². The minimum absolute atomic E-state index is 0.0226. The van der Waals surface area contributed by atoms with Gasteiger partial charge in [0.2, 0.25) is 0 Å². The molecular formula is C14H21NO4. The summed E-state index contributed by atoms with van der Waals surface area (Å²) in [6.45, 7) is 1.91. The third kappa shape index (κ3) is 3.86. The van der Waals surface area contributed by atoms with Crippen LogP contribution in [0.1, 0.15) is 12.5 Å². The van der Waals surface area contributed by atoms with E-state index < -0.39 is 12.0 Å². The predicted molar refractivity (Wildman–Crippen MR) is 72.4 cm³/mol. The van der Waals surface area contributed by atoms with Crippen molar-refractivity contribution in [3.8, 4) is 11.5 Å². The van der Waals surface area contributed by atoms with Gasteiger partial charge in [-0.2, -0.15) is 0 Å². The Morgan fingerprint density at radius 3 is 2.37 bits per heavy atom. The fourth-order valence-corrected chi connectivity index (χ4v) is 1.87. The molecule has 0 saturated heterocycles. The van der Waals surface area contributed by atoms with E-state index in [4.69, 9.17) is 15.2 Å². The van der Waals surface area contributed by atoms with E-state index in [9.17, 15) is 4.79 Å². The highest BCUT2D eigenvalue weighted by Crippen LogP contribution is 2.28. The second kappa shape index (κ2) is 6.99. The molecule has 5 nitrogen and oxygen atoms in total. The highest BCUT2D eigenvalue weighted by molar-refractivity contribution is 5.75. The first-order valence-corrected chi connectivity index (χ1v) is 6.07. The van der Waals surface area contributed by atoms with E-state index in [0.29, 0.717) is 17.9 Å². The van der Waals surface area contributed by atoms with E-state index in [-0.39, 0.29) is 5.92 Å². The minimum atomic E-state index is -0.627. The van der Waals surface area contributed by atoms with Gasteiger partial charge in [0.1, 0.15) is 6.04 Å². The van der Waals surface area contributed by atoms with Gasteiger partial charge < -0.3 is 19.9 Å². The van der Waals surface area contributed by atoms with E-state index in [1.54, 1.807) is 14.2 Å². The Labute approximate surface area is 113 Å². The molecule has 0 radical (unpaired) electrons. The van der Waals surface area contributed by atoms with Gasteiger partial charge in [-0.05, 0) is 30.0 Å². The maximum absolute atomic E-state index is 11.4. The summed E-state index contributed by atoms with van der Waals surface area (Å²) in [4.78, 5) is 11.4. The van der Waals surface area contributed by atoms with Crippen molar-refractivity contribution in [1.82, 2.24) is 0 Å². The van der Waals surface area contributed by atoms with Crippen LogP contribution in [-0.2, 0) is 16.0 Å². The average molecular weight is 267 g/mol. The normalized spacial score (nSPS) is 13.5. The van der Waals surface area contributed by atoms with Crippen LogP contribution in [0.4, 0.5) is 0 Å². The van der Waals surface area contributed by atoms with Crippen molar-refractivity contribution in [1.29, 1.82) is 0 Å². The van der Waals surface area contributed by atoms with Gasteiger partial charge in [-0.25, -0.2) is 0 Å². The molecule has 0 aromatic heterocycles. The van der Waals surface area contributed by atoms with Crippen molar-refractivity contribution in [2.24, 2.45) is 11.7 Å². The summed E-state index contributed by atoms with van der Waals surface area (Å²) in [5.41, 5.74) is 6.85. The maximum Gasteiger partial charge on any atom is 0.322 e. The standard InChI is InChI=1S/C14H21NO4/c1-9(13(15)14(16)19-4)7-10-5-6-11(17-2)12(8-10)18-3/h5-6,8-9,13H,7,15H2,1-4H3. The monoisotopic (exact) mass is 267 g/mol. The first-order valence-electron chi connectivity index (χ1n) is 6.07. The van der Waals surface area contributed by atoms with Gasteiger partial charge >= 0.3 is 5.97 Å². The lowest BCUT2D eigenvalue weighted by Crippen LogP contribution is -2.38. The second-order valence-electron chi connectivity index (χ2n) is 4.42. The lowest BCUT2D eigenvalue weighted by atomic mass is 9.94. The SMILES string of the molecule is COC(=O)C(N)C(C)Cc1ccc(OC)c(OC)c1. The fourth-order valence-electron chi connectivity index (χ4n) is 1.87. The molecule has 0 aliphatic carbocycles. The second-order valence-corrected chi connectivity index (χ2v) is 4.42. The van der Waals surface area contributed by atoms with Gasteiger partial charge in [0.05, 0.1) is 21.3 Å². The third-order valence-corrected chi connectivity index (χ3v) is 3.09. The topological polar surface area (TPSA) is 70.8 Å². The number of benzene rings is 1. The number of nitrogens with two attached hydrogens (primary N) is 1. The summed E-state index contributed by atoms with van der Waals surface area (Å²) in [5, 5.41) is 0. The van der Waals surface area contributed by atoms with Crippen LogP contribution in [0.25, 0.3) is 0 Å². The third-order valence-electron chi connectivity index (χ3n) is 3.09. The summed E-state index contributed by atoms with van der Waals surface area (Å²) < 4.78 is 15.1. The van der Waals surface area contributed by atoms with Gasteiger partial charge in [0.25, 0.3) is 0 Å². The largest absolute Gasteiger partial charge is 0.493 e. The van der Waals surface area contributed by atoms with Gasteiger partial charge in [-0.1, -0.05) is 13.0 Å². The first-order chi connectivity index (χ1) is 9.03. The summed E-state index contributed by atoms with van der Waals surface area (Å²) in [7, 11) is 4.52. The lowest BCUT2D eigenvalue weighted by Gasteiger charge is -2.18. The van der Waals surface area contributed by atoms with E-state index in [0.717, 1.165) is 5.56 Å². The Hall–Kier alpha value is -1.75. The Morgan fingerprint density at radius 2 is 1.84 bits per heavy atom. The molecule has 1 aromatic carbocycles. The highest BCUT2D eigenvalue weighted by atomic mass is 16.5. The zero-order valence-corrected chi connectivity index (χ0v) is 11.8. The summed E-state index contributed by atoms with van der Waals surface area (Å²) in [6, 6.07) is 5.03. The van der Waals surface area contributed by atoms with Crippen molar-refractivity contribution < 1.29 is 19.0 Å². The van der Waals surface area contributed by atoms with Crippen molar-refractivity contribution in [3.63, 3.8) is 0 Å². The van der Waals surface area contributed by atoms with Gasteiger partial charge in [0.15, 0.2) is 11.5 Å². The molecule has 0 amide bonds. The maximum atomic E-state index is 11.4. The number of methoxy groups -OCH3 is 3. The van der Waals surface area contributed by atoms with Crippen molar-refractivity contribution in [2.75, 3.05) is 21.3 Å². The van der Waals surface area contributed by atoms with Crippen molar-refractivity contribution in [3.05, 3.63) is 23.8 Å². The summed E-state index contributed by atoms with van der Waals surface area (Å²) in [6.07, 6.45) is 0.663. The molecule has 2 N–H and O–H groups in total.